The number of carbonyl (C=O) groups excluding carboxylic acids is 1. The molecule has 0 bridgehead atoms. The molecule has 1 saturated carbocycles. The molecule has 17 heavy (non-hydrogen) atoms. The van der Waals surface area contributed by atoms with Crippen LogP contribution in [-0.2, 0) is 9.53 Å². The van der Waals surface area contributed by atoms with Gasteiger partial charge in [-0.15, -0.1) is 0 Å². The lowest BCUT2D eigenvalue weighted by Crippen LogP contribution is -2.48. The number of carbonyl (C=O) groups is 1. The predicted molar refractivity (Wildman–Crippen MR) is 69.8 cm³/mol. The van der Waals surface area contributed by atoms with E-state index in [0.29, 0.717) is 6.04 Å². The fourth-order valence-corrected chi connectivity index (χ4v) is 2.71. The lowest BCUT2D eigenvalue weighted by molar-refractivity contribution is -0.144. The predicted octanol–water partition coefficient (Wildman–Crippen LogP) is 2.74. The first-order valence-corrected chi connectivity index (χ1v) is 6.90. The smallest absolute Gasteiger partial charge is 0.323 e. The Morgan fingerprint density at radius 2 is 1.76 bits per heavy atom. The van der Waals surface area contributed by atoms with Gasteiger partial charge in [0.15, 0.2) is 0 Å². The molecule has 1 rings (SSSR count). The molecular formula is C14H27NO2. The van der Waals surface area contributed by atoms with Crippen LogP contribution in [0.1, 0.15) is 52.9 Å². The number of methoxy groups -OCH3 is 1. The fourth-order valence-electron chi connectivity index (χ4n) is 2.71. The standard InChI is InChI=1S/C14H27NO2/c1-10(2)13(14(16)17-4)15-11(3)12-8-6-5-7-9-12/h10-13,15H,5-9H2,1-4H3. The average Bonchev–Trinajstić information content (AvgIpc) is 2.35. The number of hydrogen-bond acceptors (Lipinski definition) is 3. The first-order valence-electron chi connectivity index (χ1n) is 6.90. The molecule has 100 valence electrons. The number of rotatable bonds is 5. The largest absolute Gasteiger partial charge is 0.468 e. The summed E-state index contributed by atoms with van der Waals surface area (Å²) in [7, 11) is 1.46. The second kappa shape index (κ2) is 7.00. The lowest BCUT2D eigenvalue weighted by Gasteiger charge is -2.32. The van der Waals surface area contributed by atoms with Crippen molar-refractivity contribution >= 4 is 5.97 Å². The van der Waals surface area contributed by atoms with E-state index in [1.807, 2.05) is 0 Å². The van der Waals surface area contributed by atoms with Crippen LogP contribution in [0.3, 0.4) is 0 Å². The van der Waals surface area contributed by atoms with E-state index in [2.05, 4.69) is 26.1 Å². The van der Waals surface area contributed by atoms with Crippen molar-refractivity contribution in [3.63, 3.8) is 0 Å². The van der Waals surface area contributed by atoms with E-state index >= 15 is 0 Å². The topological polar surface area (TPSA) is 38.3 Å². The first kappa shape index (κ1) is 14.5. The first-order chi connectivity index (χ1) is 8.06. The van der Waals surface area contributed by atoms with Gasteiger partial charge in [-0.3, -0.25) is 4.79 Å². The monoisotopic (exact) mass is 241 g/mol. The maximum Gasteiger partial charge on any atom is 0.323 e. The summed E-state index contributed by atoms with van der Waals surface area (Å²) in [5.41, 5.74) is 0. The van der Waals surface area contributed by atoms with Crippen LogP contribution in [0.4, 0.5) is 0 Å². The highest BCUT2D eigenvalue weighted by Crippen LogP contribution is 2.26. The molecule has 1 aliphatic rings. The van der Waals surface area contributed by atoms with Crippen LogP contribution in [0, 0.1) is 11.8 Å². The van der Waals surface area contributed by atoms with E-state index < -0.39 is 0 Å². The van der Waals surface area contributed by atoms with Gasteiger partial charge < -0.3 is 10.1 Å². The van der Waals surface area contributed by atoms with Crippen molar-refractivity contribution in [2.24, 2.45) is 11.8 Å². The molecule has 0 heterocycles. The van der Waals surface area contributed by atoms with Gasteiger partial charge in [-0.1, -0.05) is 33.1 Å². The van der Waals surface area contributed by atoms with Gasteiger partial charge in [0, 0.05) is 6.04 Å². The minimum atomic E-state index is -0.170. The number of esters is 1. The Morgan fingerprint density at radius 3 is 2.24 bits per heavy atom. The van der Waals surface area contributed by atoms with Crippen molar-refractivity contribution in [3.05, 3.63) is 0 Å². The minimum absolute atomic E-state index is 0.136. The Labute approximate surface area is 105 Å². The molecule has 1 aliphatic carbocycles. The third-order valence-corrected chi connectivity index (χ3v) is 3.92. The van der Waals surface area contributed by atoms with Crippen LogP contribution >= 0.6 is 0 Å². The van der Waals surface area contributed by atoms with E-state index in [9.17, 15) is 4.79 Å². The molecule has 3 nitrogen and oxygen atoms in total. The van der Waals surface area contributed by atoms with Gasteiger partial charge in [0.1, 0.15) is 6.04 Å². The normalized spacial score (nSPS) is 21.2. The van der Waals surface area contributed by atoms with Crippen LogP contribution in [0.25, 0.3) is 0 Å². The van der Waals surface area contributed by atoms with Crippen molar-refractivity contribution in [2.45, 2.75) is 65.0 Å². The average molecular weight is 241 g/mol. The quantitative estimate of drug-likeness (QED) is 0.752. The Morgan fingerprint density at radius 1 is 1.18 bits per heavy atom. The summed E-state index contributed by atoms with van der Waals surface area (Å²) in [6.07, 6.45) is 6.62. The number of hydrogen-bond donors (Lipinski definition) is 1. The summed E-state index contributed by atoms with van der Waals surface area (Å²) in [5, 5.41) is 3.46. The Bertz CT molecular complexity index is 234. The van der Waals surface area contributed by atoms with Crippen molar-refractivity contribution in [2.75, 3.05) is 7.11 Å². The number of ether oxygens (including phenoxy) is 1. The maximum atomic E-state index is 11.7. The minimum Gasteiger partial charge on any atom is -0.468 e. The Hall–Kier alpha value is -0.570. The molecular weight excluding hydrogens is 214 g/mol. The molecule has 0 spiro atoms. The highest BCUT2D eigenvalue weighted by Gasteiger charge is 2.28. The molecule has 2 unspecified atom stereocenters. The second-order valence-corrected chi connectivity index (χ2v) is 5.60. The van der Waals surface area contributed by atoms with E-state index in [0.717, 1.165) is 5.92 Å². The molecule has 0 aliphatic heterocycles. The maximum absolute atomic E-state index is 11.7. The van der Waals surface area contributed by atoms with Gasteiger partial charge in [-0.05, 0) is 31.6 Å². The summed E-state index contributed by atoms with van der Waals surface area (Å²) >= 11 is 0. The van der Waals surface area contributed by atoms with Crippen molar-refractivity contribution < 1.29 is 9.53 Å². The van der Waals surface area contributed by atoms with E-state index in [-0.39, 0.29) is 17.9 Å². The van der Waals surface area contributed by atoms with Crippen molar-refractivity contribution in [3.8, 4) is 0 Å². The Kier molecular flexibility index (Phi) is 5.96. The third-order valence-electron chi connectivity index (χ3n) is 3.92. The zero-order chi connectivity index (χ0) is 12.8. The molecule has 2 atom stereocenters. The van der Waals surface area contributed by atoms with Gasteiger partial charge in [0.2, 0.25) is 0 Å². The van der Waals surface area contributed by atoms with Gasteiger partial charge in [0.25, 0.3) is 0 Å². The fraction of sp³-hybridized carbons (Fsp3) is 0.929. The molecule has 0 aromatic carbocycles. The summed E-state index contributed by atoms with van der Waals surface area (Å²) in [6, 6.07) is 0.235. The molecule has 0 radical (unpaired) electrons. The molecule has 0 aromatic heterocycles. The van der Waals surface area contributed by atoms with Gasteiger partial charge in [-0.2, -0.15) is 0 Å². The van der Waals surface area contributed by atoms with Crippen LogP contribution in [0.2, 0.25) is 0 Å². The van der Waals surface area contributed by atoms with Gasteiger partial charge >= 0.3 is 5.97 Å². The van der Waals surface area contributed by atoms with Gasteiger partial charge in [-0.25, -0.2) is 0 Å². The molecule has 0 aromatic rings. The molecule has 1 fully saturated rings. The highest BCUT2D eigenvalue weighted by molar-refractivity contribution is 5.75. The summed E-state index contributed by atoms with van der Waals surface area (Å²) in [4.78, 5) is 11.7. The Balaban J connectivity index is 2.50. The lowest BCUT2D eigenvalue weighted by atomic mass is 9.84. The number of nitrogens with one attached hydrogen (secondary N) is 1. The van der Waals surface area contributed by atoms with Crippen LogP contribution in [-0.4, -0.2) is 25.2 Å². The van der Waals surface area contributed by atoms with E-state index in [1.54, 1.807) is 0 Å². The van der Waals surface area contributed by atoms with E-state index in [1.165, 1.54) is 39.2 Å². The molecule has 3 heteroatoms. The van der Waals surface area contributed by atoms with E-state index in [4.69, 9.17) is 4.74 Å². The van der Waals surface area contributed by atoms with Crippen LogP contribution in [0.15, 0.2) is 0 Å². The van der Waals surface area contributed by atoms with Gasteiger partial charge in [0.05, 0.1) is 7.11 Å². The van der Waals surface area contributed by atoms with Crippen LogP contribution in [0.5, 0.6) is 0 Å². The summed E-state index contributed by atoms with van der Waals surface area (Å²) < 4.78 is 4.86. The third kappa shape index (κ3) is 4.30. The highest BCUT2D eigenvalue weighted by atomic mass is 16.5. The molecule has 0 saturated heterocycles. The summed E-state index contributed by atoms with van der Waals surface area (Å²) in [5.74, 6) is 0.853. The SMILES string of the molecule is COC(=O)C(NC(C)C1CCCCC1)C(C)C. The zero-order valence-electron chi connectivity index (χ0n) is 11.7. The molecule has 0 amide bonds. The molecule has 1 N–H and O–H groups in total. The second-order valence-electron chi connectivity index (χ2n) is 5.60. The van der Waals surface area contributed by atoms with Crippen molar-refractivity contribution in [1.29, 1.82) is 0 Å². The van der Waals surface area contributed by atoms with Crippen LogP contribution < -0.4 is 5.32 Å². The van der Waals surface area contributed by atoms with Crippen molar-refractivity contribution in [1.82, 2.24) is 5.32 Å². The summed E-state index contributed by atoms with van der Waals surface area (Å²) in [6.45, 7) is 6.32. The zero-order valence-corrected chi connectivity index (χ0v) is 11.7.